The Hall–Kier alpha value is -2.56. The molecule has 2 aromatic rings. The van der Waals surface area contributed by atoms with Gasteiger partial charge in [-0.2, -0.15) is 0 Å². The van der Waals surface area contributed by atoms with E-state index in [2.05, 4.69) is 5.32 Å². The van der Waals surface area contributed by atoms with Gasteiger partial charge in [0, 0.05) is 17.4 Å². The SMILES string of the molecule is Cc1ccc(OCC(=O)Nc2cccc(N)c2)cc1F. The summed E-state index contributed by atoms with van der Waals surface area (Å²) in [4.78, 5) is 11.7. The predicted octanol–water partition coefficient (Wildman–Crippen LogP) is 2.73. The van der Waals surface area contributed by atoms with Crippen LogP contribution in [0.5, 0.6) is 5.75 Å². The molecule has 4 nitrogen and oxygen atoms in total. The number of halogens is 1. The maximum absolute atomic E-state index is 13.3. The van der Waals surface area contributed by atoms with Crippen LogP contribution in [0.4, 0.5) is 15.8 Å². The summed E-state index contributed by atoms with van der Waals surface area (Å²) in [6.45, 7) is 1.46. The number of hydrogen-bond donors (Lipinski definition) is 2. The summed E-state index contributed by atoms with van der Waals surface area (Å²) < 4.78 is 18.5. The molecule has 104 valence electrons. The van der Waals surface area contributed by atoms with E-state index >= 15 is 0 Å². The van der Waals surface area contributed by atoms with Gasteiger partial charge in [-0.25, -0.2) is 4.39 Å². The molecule has 0 aromatic heterocycles. The highest BCUT2D eigenvalue weighted by Gasteiger charge is 2.05. The molecule has 0 saturated heterocycles. The summed E-state index contributed by atoms with van der Waals surface area (Å²) in [5, 5.41) is 2.64. The van der Waals surface area contributed by atoms with Crippen molar-refractivity contribution in [1.82, 2.24) is 0 Å². The van der Waals surface area contributed by atoms with Crippen molar-refractivity contribution in [3.8, 4) is 5.75 Å². The van der Waals surface area contributed by atoms with E-state index in [4.69, 9.17) is 10.5 Å². The maximum Gasteiger partial charge on any atom is 0.262 e. The third-order valence-electron chi connectivity index (χ3n) is 2.68. The first-order valence-electron chi connectivity index (χ1n) is 6.09. The van der Waals surface area contributed by atoms with Crippen LogP contribution in [-0.2, 0) is 4.79 Å². The van der Waals surface area contributed by atoms with Crippen LogP contribution in [0, 0.1) is 12.7 Å². The smallest absolute Gasteiger partial charge is 0.262 e. The Morgan fingerprint density at radius 3 is 2.80 bits per heavy atom. The van der Waals surface area contributed by atoms with Gasteiger partial charge in [0.1, 0.15) is 11.6 Å². The second-order valence-electron chi connectivity index (χ2n) is 4.37. The molecular formula is C15H15FN2O2. The molecule has 0 aliphatic rings. The van der Waals surface area contributed by atoms with Crippen LogP contribution in [0.15, 0.2) is 42.5 Å². The Morgan fingerprint density at radius 1 is 1.30 bits per heavy atom. The minimum absolute atomic E-state index is 0.197. The second-order valence-corrected chi connectivity index (χ2v) is 4.37. The number of nitrogens with one attached hydrogen (secondary N) is 1. The fraction of sp³-hybridized carbons (Fsp3) is 0.133. The van der Waals surface area contributed by atoms with E-state index in [0.29, 0.717) is 22.7 Å². The lowest BCUT2D eigenvalue weighted by Gasteiger charge is -2.08. The van der Waals surface area contributed by atoms with E-state index in [0.717, 1.165) is 0 Å². The van der Waals surface area contributed by atoms with Gasteiger partial charge in [0.25, 0.3) is 5.91 Å². The molecule has 5 heteroatoms. The van der Waals surface area contributed by atoms with Crippen molar-refractivity contribution in [2.45, 2.75) is 6.92 Å². The largest absolute Gasteiger partial charge is 0.484 e. The number of aryl methyl sites for hydroxylation is 1. The zero-order chi connectivity index (χ0) is 14.5. The lowest BCUT2D eigenvalue weighted by atomic mass is 10.2. The molecule has 1 amide bonds. The lowest BCUT2D eigenvalue weighted by Crippen LogP contribution is -2.20. The number of rotatable bonds is 4. The van der Waals surface area contributed by atoms with Crippen molar-refractivity contribution >= 4 is 17.3 Å². The number of carbonyl (C=O) groups excluding carboxylic acids is 1. The first kappa shape index (κ1) is 13.9. The number of nitrogen functional groups attached to an aromatic ring is 1. The van der Waals surface area contributed by atoms with Gasteiger partial charge in [-0.1, -0.05) is 12.1 Å². The molecule has 2 rings (SSSR count). The van der Waals surface area contributed by atoms with Crippen LogP contribution in [0.2, 0.25) is 0 Å². The number of nitrogens with two attached hydrogens (primary N) is 1. The minimum Gasteiger partial charge on any atom is -0.484 e. The molecule has 0 aliphatic heterocycles. The normalized spacial score (nSPS) is 10.1. The van der Waals surface area contributed by atoms with Gasteiger partial charge in [-0.15, -0.1) is 0 Å². The summed E-state index contributed by atoms with van der Waals surface area (Å²) in [6, 6.07) is 11.3. The van der Waals surface area contributed by atoms with Gasteiger partial charge in [0.2, 0.25) is 0 Å². The Morgan fingerprint density at radius 2 is 2.10 bits per heavy atom. The van der Waals surface area contributed by atoms with Gasteiger partial charge < -0.3 is 15.8 Å². The summed E-state index contributed by atoms with van der Waals surface area (Å²) in [5.74, 6) is -0.383. The van der Waals surface area contributed by atoms with Crippen LogP contribution in [0.3, 0.4) is 0 Å². The maximum atomic E-state index is 13.3. The highest BCUT2D eigenvalue weighted by atomic mass is 19.1. The molecule has 0 bridgehead atoms. The van der Waals surface area contributed by atoms with E-state index in [-0.39, 0.29) is 18.3 Å². The van der Waals surface area contributed by atoms with Crippen molar-refractivity contribution in [2.24, 2.45) is 0 Å². The number of amides is 1. The average molecular weight is 274 g/mol. The minimum atomic E-state index is -0.362. The van der Waals surface area contributed by atoms with Crippen molar-refractivity contribution in [3.05, 3.63) is 53.8 Å². The molecule has 0 radical (unpaired) electrons. The lowest BCUT2D eigenvalue weighted by molar-refractivity contribution is -0.118. The summed E-state index contributed by atoms with van der Waals surface area (Å²) in [5.41, 5.74) is 7.29. The summed E-state index contributed by atoms with van der Waals surface area (Å²) >= 11 is 0. The van der Waals surface area contributed by atoms with E-state index in [1.54, 1.807) is 43.3 Å². The van der Waals surface area contributed by atoms with Crippen LogP contribution in [-0.4, -0.2) is 12.5 Å². The summed E-state index contributed by atoms with van der Waals surface area (Å²) in [6.07, 6.45) is 0. The van der Waals surface area contributed by atoms with Crippen LogP contribution >= 0.6 is 0 Å². The standard InChI is InChI=1S/C15H15FN2O2/c1-10-5-6-13(8-14(10)16)20-9-15(19)18-12-4-2-3-11(17)7-12/h2-8H,9,17H2,1H3,(H,18,19). The number of ether oxygens (including phenoxy) is 1. The van der Waals surface area contributed by atoms with Gasteiger partial charge >= 0.3 is 0 Å². The number of carbonyl (C=O) groups is 1. The fourth-order valence-corrected chi connectivity index (χ4v) is 1.63. The molecule has 20 heavy (non-hydrogen) atoms. The highest BCUT2D eigenvalue weighted by molar-refractivity contribution is 5.92. The molecule has 0 spiro atoms. The van der Waals surface area contributed by atoms with E-state index in [9.17, 15) is 9.18 Å². The first-order chi connectivity index (χ1) is 9.54. The Kier molecular flexibility index (Phi) is 4.20. The van der Waals surface area contributed by atoms with E-state index in [1.807, 2.05) is 0 Å². The predicted molar refractivity (Wildman–Crippen MR) is 76.1 cm³/mol. The van der Waals surface area contributed by atoms with Crippen LogP contribution in [0.1, 0.15) is 5.56 Å². The Bertz CT molecular complexity index is 629. The number of anilines is 2. The van der Waals surface area contributed by atoms with E-state index in [1.165, 1.54) is 6.07 Å². The monoisotopic (exact) mass is 274 g/mol. The number of hydrogen-bond acceptors (Lipinski definition) is 3. The van der Waals surface area contributed by atoms with Crippen molar-refractivity contribution in [3.63, 3.8) is 0 Å². The number of benzene rings is 2. The molecule has 3 N–H and O–H groups in total. The molecule has 0 saturated carbocycles. The molecule has 0 fully saturated rings. The van der Waals surface area contributed by atoms with Crippen molar-refractivity contribution in [2.75, 3.05) is 17.7 Å². The Balaban J connectivity index is 1.90. The third-order valence-corrected chi connectivity index (χ3v) is 2.68. The molecule has 0 unspecified atom stereocenters. The first-order valence-corrected chi connectivity index (χ1v) is 6.09. The van der Waals surface area contributed by atoms with Gasteiger partial charge in [0.15, 0.2) is 6.61 Å². The van der Waals surface area contributed by atoms with E-state index < -0.39 is 0 Å². The summed E-state index contributed by atoms with van der Waals surface area (Å²) in [7, 11) is 0. The third kappa shape index (κ3) is 3.71. The van der Waals surface area contributed by atoms with Crippen LogP contribution < -0.4 is 15.8 Å². The quantitative estimate of drug-likeness (QED) is 0.842. The highest BCUT2D eigenvalue weighted by Crippen LogP contribution is 2.16. The van der Waals surface area contributed by atoms with Gasteiger partial charge in [-0.05, 0) is 36.8 Å². The van der Waals surface area contributed by atoms with Crippen LogP contribution in [0.25, 0.3) is 0 Å². The fourth-order valence-electron chi connectivity index (χ4n) is 1.63. The molecular weight excluding hydrogens is 259 g/mol. The Labute approximate surface area is 116 Å². The van der Waals surface area contributed by atoms with Crippen molar-refractivity contribution in [1.29, 1.82) is 0 Å². The molecule has 0 atom stereocenters. The average Bonchev–Trinajstić information content (AvgIpc) is 2.40. The molecule has 0 heterocycles. The van der Waals surface area contributed by atoms with Gasteiger partial charge in [0.05, 0.1) is 0 Å². The topological polar surface area (TPSA) is 64.3 Å². The zero-order valence-electron chi connectivity index (χ0n) is 11.0. The van der Waals surface area contributed by atoms with Crippen molar-refractivity contribution < 1.29 is 13.9 Å². The molecule has 0 aliphatic carbocycles. The zero-order valence-corrected chi connectivity index (χ0v) is 11.0. The molecule has 2 aromatic carbocycles. The second kappa shape index (κ2) is 6.06. The van der Waals surface area contributed by atoms with Gasteiger partial charge in [-0.3, -0.25) is 4.79 Å².